The highest BCUT2D eigenvalue weighted by molar-refractivity contribution is 7.81. The maximum atomic E-state index is 11.1. The van der Waals surface area contributed by atoms with E-state index >= 15 is 0 Å². The second-order valence-corrected chi connectivity index (χ2v) is 3.97. The molecule has 0 aromatic rings. The smallest absolute Gasteiger partial charge is 0.319 e. The first kappa shape index (κ1) is 14.3. The van der Waals surface area contributed by atoms with Crippen molar-refractivity contribution in [2.24, 2.45) is 0 Å². The first-order valence-electron chi connectivity index (χ1n) is 5.14. The standard InChI is InChI=1S/C10H18O4S/c1-2-3-4-5-6-14-10(13)8(15)7-9(11)12/h8,15H,2-7H2,1H3,(H,11,12). The monoisotopic (exact) mass is 234 g/mol. The third-order valence-electron chi connectivity index (χ3n) is 1.88. The van der Waals surface area contributed by atoms with Gasteiger partial charge < -0.3 is 9.84 Å². The van der Waals surface area contributed by atoms with Crippen LogP contribution in [0.5, 0.6) is 0 Å². The van der Waals surface area contributed by atoms with Crippen molar-refractivity contribution in [3.63, 3.8) is 0 Å². The maximum Gasteiger partial charge on any atom is 0.319 e. The Balaban J connectivity index is 3.51. The zero-order valence-electron chi connectivity index (χ0n) is 8.94. The van der Waals surface area contributed by atoms with Crippen molar-refractivity contribution in [1.82, 2.24) is 0 Å². The van der Waals surface area contributed by atoms with Gasteiger partial charge in [0, 0.05) is 0 Å². The van der Waals surface area contributed by atoms with E-state index in [0.29, 0.717) is 6.61 Å². The molecule has 5 heteroatoms. The summed E-state index contributed by atoms with van der Waals surface area (Å²) in [5, 5.41) is 7.56. The van der Waals surface area contributed by atoms with Crippen molar-refractivity contribution < 1.29 is 19.4 Å². The molecule has 0 saturated heterocycles. The molecule has 4 nitrogen and oxygen atoms in total. The predicted molar refractivity (Wildman–Crippen MR) is 60.1 cm³/mol. The minimum atomic E-state index is -1.04. The third-order valence-corrected chi connectivity index (χ3v) is 2.28. The number of aliphatic carboxylic acids is 1. The van der Waals surface area contributed by atoms with Gasteiger partial charge in [-0.15, -0.1) is 0 Å². The molecule has 1 unspecified atom stereocenters. The first-order chi connectivity index (χ1) is 7.07. The number of carboxylic acids is 1. The normalized spacial score (nSPS) is 12.1. The van der Waals surface area contributed by atoms with E-state index in [9.17, 15) is 9.59 Å². The van der Waals surface area contributed by atoms with Gasteiger partial charge in [-0.25, -0.2) is 0 Å². The fourth-order valence-electron chi connectivity index (χ4n) is 1.05. The van der Waals surface area contributed by atoms with Gasteiger partial charge in [0.05, 0.1) is 13.0 Å². The molecule has 0 bridgehead atoms. The molecule has 0 radical (unpaired) electrons. The highest BCUT2D eigenvalue weighted by Crippen LogP contribution is 2.05. The fraction of sp³-hybridized carbons (Fsp3) is 0.800. The number of ether oxygens (including phenoxy) is 1. The number of carbonyl (C=O) groups is 2. The van der Waals surface area contributed by atoms with Crippen molar-refractivity contribution in [3.05, 3.63) is 0 Å². The second kappa shape index (κ2) is 8.59. The summed E-state index contributed by atoms with van der Waals surface area (Å²) in [6.07, 6.45) is 3.81. The van der Waals surface area contributed by atoms with E-state index in [0.717, 1.165) is 25.7 Å². The SMILES string of the molecule is CCCCCCOC(=O)C(S)CC(=O)O. The van der Waals surface area contributed by atoms with Gasteiger partial charge in [-0.1, -0.05) is 26.2 Å². The molecule has 0 aliphatic carbocycles. The van der Waals surface area contributed by atoms with Crippen molar-refractivity contribution in [2.45, 2.75) is 44.3 Å². The molecule has 0 spiro atoms. The number of unbranched alkanes of at least 4 members (excludes halogenated alkanes) is 3. The van der Waals surface area contributed by atoms with Crippen molar-refractivity contribution in [1.29, 1.82) is 0 Å². The zero-order chi connectivity index (χ0) is 11.7. The minimum absolute atomic E-state index is 0.295. The Bertz CT molecular complexity index is 206. The summed E-state index contributed by atoms with van der Waals surface area (Å²) in [4.78, 5) is 21.4. The molecule has 0 fully saturated rings. The lowest BCUT2D eigenvalue weighted by atomic mass is 10.2. The van der Waals surface area contributed by atoms with E-state index in [1.165, 1.54) is 0 Å². The van der Waals surface area contributed by atoms with Crippen LogP contribution in [0.15, 0.2) is 0 Å². The Labute approximate surface area is 95.4 Å². The maximum absolute atomic E-state index is 11.1. The highest BCUT2D eigenvalue weighted by atomic mass is 32.1. The average molecular weight is 234 g/mol. The summed E-state index contributed by atoms with van der Waals surface area (Å²) in [5.74, 6) is -1.59. The molecule has 0 amide bonds. The molecule has 1 atom stereocenters. The van der Waals surface area contributed by atoms with Crippen LogP contribution in [-0.4, -0.2) is 28.9 Å². The van der Waals surface area contributed by atoms with Crippen molar-refractivity contribution in [2.75, 3.05) is 6.61 Å². The van der Waals surface area contributed by atoms with Gasteiger partial charge in [-0.05, 0) is 6.42 Å². The van der Waals surface area contributed by atoms with Crippen molar-refractivity contribution in [3.8, 4) is 0 Å². The molecular formula is C10H18O4S. The number of carbonyl (C=O) groups excluding carboxylic acids is 1. The quantitative estimate of drug-likeness (QED) is 0.382. The summed E-state index contributed by atoms with van der Waals surface area (Å²) < 4.78 is 4.87. The lowest BCUT2D eigenvalue weighted by Crippen LogP contribution is -2.21. The Morgan fingerprint density at radius 3 is 2.53 bits per heavy atom. The largest absolute Gasteiger partial charge is 0.481 e. The molecule has 88 valence electrons. The van der Waals surface area contributed by atoms with Gasteiger partial charge in [0.1, 0.15) is 5.25 Å². The van der Waals surface area contributed by atoms with Gasteiger partial charge >= 0.3 is 11.9 Å². The van der Waals surface area contributed by atoms with Gasteiger partial charge in [0.2, 0.25) is 0 Å². The minimum Gasteiger partial charge on any atom is -0.481 e. The van der Waals surface area contributed by atoms with Gasteiger partial charge in [0.15, 0.2) is 0 Å². The molecular weight excluding hydrogens is 216 g/mol. The average Bonchev–Trinajstić information content (AvgIpc) is 2.16. The topological polar surface area (TPSA) is 63.6 Å². The van der Waals surface area contributed by atoms with E-state index in [-0.39, 0.29) is 6.42 Å². The summed E-state index contributed by atoms with van der Waals surface area (Å²) >= 11 is 3.85. The van der Waals surface area contributed by atoms with Crippen LogP contribution in [0, 0.1) is 0 Å². The Morgan fingerprint density at radius 1 is 1.33 bits per heavy atom. The van der Waals surface area contributed by atoms with E-state index < -0.39 is 17.2 Å². The molecule has 0 saturated carbocycles. The molecule has 0 rings (SSSR count). The van der Waals surface area contributed by atoms with E-state index in [1.54, 1.807) is 0 Å². The number of thiol groups is 1. The van der Waals surface area contributed by atoms with Crippen LogP contribution in [0.3, 0.4) is 0 Å². The molecule has 0 aromatic heterocycles. The highest BCUT2D eigenvalue weighted by Gasteiger charge is 2.18. The number of hydrogen-bond acceptors (Lipinski definition) is 4. The fourth-order valence-corrected chi connectivity index (χ4v) is 1.28. The van der Waals surface area contributed by atoms with Crippen LogP contribution < -0.4 is 0 Å². The molecule has 0 aliphatic heterocycles. The van der Waals surface area contributed by atoms with Crippen LogP contribution in [0.1, 0.15) is 39.0 Å². The molecule has 0 heterocycles. The van der Waals surface area contributed by atoms with Crippen LogP contribution in [0.4, 0.5) is 0 Å². The molecule has 0 aromatic carbocycles. The number of carboxylic acid groups (broad SMARTS) is 1. The summed E-state index contributed by atoms with van der Waals surface area (Å²) in [6.45, 7) is 2.46. The van der Waals surface area contributed by atoms with Gasteiger partial charge in [-0.3, -0.25) is 9.59 Å². The van der Waals surface area contributed by atoms with Crippen LogP contribution in [-0.2, 0) is 14.3 Å². The molecule has 0 aliphatic rings. The summed E-state index contributed by atoms with van der Waals surface area (Å²) in [6, 6.07) is 0. The second-order valence-electron chi connectivity index (χ2n) is 3.34. The van der Waals surface area contributed by atoms with Gasteiger partial charge in [-0.2, -0.15) is 12.6 Å². The van der Waals surface area contributed by atoms with E-state index in [2.05, 4.69) is 19.6 Å². The Hall–Kier alpha value is -0.710. The lowest BCUT2D eigenvalue weighted by molar-refractivity contribution is -0.147. The summed E-state index contributed by atoms with van der Waals surface area (Å²) in [7, 11) is 0. The lowest BCUT2D eigenvalue weighted by Gasteiger charge is -2.08. The van der Waals surface area contributed by atoms with Crippen LogP contribution >= 0.6 is 12.6 Å². The van der Waals surface area contributed by atoms with Crippen molar-refractivity contribution >= 4 is 24.6 Å². The molecule has 15 heavy (non-hydrogen) atoms. The van der Waals surface area contributed by atoms with Crippen LogP contribution in [0.2, 0.25) is 0 Å². The first-order valence-corrected chi connectivity index (χ1v) is 5.66. The van der Waals surface area contributed by atoms with Gasteiger partial charge in [0.25, 0.3) is 0 Å². The Kier molecular flexibility index (Phi) is 8.18. The van der Waals surface area contributed by atoms with Crippen LogP contribution in [0.25, 0.3) is 0 Å². The Morgan fingerprint density at radius 2 is 2.00 bits per heavy atom. The predicted octanol–water partition coefficient (Wildman–Crippen LogP) is 1.88. The third kappa shape index (κ3) is 8.30. The number of hydrogen-bond donors (Lipinski definition) is 2. The number of rotatable bonds is 8. The number of esters is 1. The van der Waals surface area contributed by atoms with E-state index in [1.807, 2.05) is 0 Å². The molecule has 1 N–H and O–H groups in total. The summed E-state index contributed by atoms with van der Waals surface area (Å²) in [5.41, 5.74) is 0. The zero-order valence-corrected chi connectivity index (χ0v) is 9.83. The van der Waals surface area contributed by atoms with E-state index in [4.69, 9.17) is 9.84 Å².